The average Bonchev–Trinajstić information content (AvgIpc) is 3.19. The SMILES string of the molecule is c1cc2c3c(cccc3c1)-c1nc3c(ccc4nsnc43)nc1-2. The molecule has 0 saturated heterocycles. The van der Waals surface area contributed by atoms with Crippen molar-refractivity contribution in [3.8, 4) is 22.5 Å². The van der Waals surface area contributed by atoms with Gasteiger partial charge in [0.1, 0.15) is 16.6 Å². The molecule has 6 rings (SSSR count). The summed E-state index contributed by atoms with van der Waals surface area (Å²) < 4.78 is 8.70. The molecule has 0 bridgehead atoms. The lowest BCUT2D eigenvalue weighted by atomic mass is 10.0. The molecule has 0 saturated carbocycles. The van der Waals surface area contributed by atoms with Gasteiger partial charge in [-0.05, 0) is 17.5 Å². The van der Waals surface area contributed by atoms with E-state index in [0.29, 0.717) is 0 Å². The van der Waals surface area contributed by atoms with Gasteiger partial charge in [0, 0.05) is 16.5 Å². The second-order valence-electron chi connectivity index (χ2n) is 5.70. The molecule has 0 amide bonds. The lowest BCUT2D eigenvalue weighted by Gasteiger charge is -2.03. The van der Waals surface area contributed by atoms with Crippen LogP contribution in [0.4, 0.5) is 0 Å². The van der Waals surface area contributed by atoms with E-state index in [0.717, 1.165) is 39.0 Å². The highest BCUT2D eigenvalue weighted by Gasteiger charge is 2.25. The van der Waals surface area contributed by atoms with E-state index in [1.165, 1.54) is 28.1 Å². The number of nitrogens with zero attached hydrogens (tertiary/aromatic N) is 4. The van der Waals surface area contributed by atoms with Gasteiger partial charge in [-0.1, -0.05) is 36.4 Å². The Kier molecular flexibility index (Phi) is 1.96. The first-order valence-corrected chi connectivity index (χ1v) is 8.09. The number of hydrogen-bond donors (Lipinski definition) is 0. The van der Waals surface area contributed by atoms with Gasteiger partial charge < -0.3 is 0 Å². The van der Waals surface area contributed by atoms with Gasteiger partial charge in [-0.15, -0.1) is 0 Å². The van der Waals surface area contributed by atoms with Crippen LogP contribution in [0.2, 0.25) is 0 Å². The minimum Gasteiger partial charge on any atom is -0.244 e. The van der Waals surface area contributed by atoms with E-state index in [-0.39, 0.29) is 0 Å². The fraction of sp³-hybridized carbons (Fsp3) is 0. The number of rotatable bonds is 0. The van der Waals surface area contributed by atoms with Crippen LogP contribution in [0.1, 0.15) is 0 Å². The zero-order valence-corrected chi connectivity index (χ0v) is 12.6. The summed E-state index contributed by atoms with van der Waals surface area (Å²) in [6.45, 7) is 0. The monoisotopic (exact) mass is 312 g/mol. The Morgan fingerprint density at radius 1 is 0.652 bits per heavy atom. The van der Waals surface area contributed by atoms with Gasteiger partial charge in [0.05, 0.1) is 28.6 Å². The van der Waals surface area contributed by atoms with Gasteiger partial charge in [0.2, 0.25) is 0 Å². The van der Waals surface area contributed by atoms with Crippen LogP contribution in [-0.2, 0) is 0 Å². The highest BCUT2D eigenvalue weighted by Crippen LogP contribution is 2.45. The van der Waals surface area contributed by atoms with Crippen LogP contribution in [0.25, 0.3) is 55.4 Å². The molecule has 3 aromatic carbocycles. The molecule has 0 spiro atoms. The van der Waals surface area contributed by atoms with Crippen molar-refractivity contribution in [2.24, 2.45) is 0 Å². The first-order chi connectivity index (χ1) is 11.4. The Morgan fingerprint density at radius 2 is 1.39 bits per heavy atom. The van der Waals surface area contributed by atoms with E-state index in [9.17, 15) is 0 Å². The van der Waals surface area contributed by atoms with Crippen molar-refractivity contribution in [1.82, 2.24) is 18.7 Å². The second kappa shape index (κ2) is 3.88. The van der Waals surface area contributed by atoms with E-state index in [2.05, 4.69) is 45.1 Å². The van der Waals surface area contributed by atoms with Gasteiger partial charge in [-0.3, -0.25) is 0 Å². The standard InChI is InChI=1S/C18H8N4S/c1-3-9-4-2-6-11-14(9)10(5-1)15-16(11)20-17-12(19-15)7-8-13-18(17)22-23-21-13/h1-8H. The molecule has 5 heteroatoms. The Labute approximate surface area is 134 Å². The Balaban J connectivity index is 1.85. The summed E-state index contributed by atoms with van der Waals surface area (Å²) in [6, 6.07) is 16.6. The number of aromatic nitrogens is 4. The van der Waals surface area contributed by atoms with Crippen molar-refractivity contribution >= 4 is 44.6 Å². The molecule has 23 heavy (non-hydrogen) atoms. The molecule has 5 aromatic rings. The highest BCUT2D eigenvalue weighted by molar-refractivity contribution is 7.00. The quantitative estimate of drug-likeness (QED) is 0.416. The van der Waals surface area contributed by atoms with Crippen molar-refractivity contribution < 1.29 is 0 Å². The summed E-state index contributed by atoms with van der Waals surface area (Å²) in [7, 11) is 0. The maximum absolute atomic E-state index is 4.94. The zero-order chi connectivity index (χ0) is 15.0. The summed E-state index contributed by atoms with van der Waals surface area (Å²) in [5.41, 5.74) is 7.66. The number of hydrogen-bond acceptors (Lipinski definition) is 5. The molecule has 0 aliphatic heterocycles. The maximum atomic E-state index is 4.94. The minimum absolute atomic E-state index is 0.833. The van der Waals surface area contributed by atoms with Gasteiger partial charge in [0.25, 0.3) is 0 Å². The molecule has 0 N–H and O–H groups in total. The molecule has 2 aromatic heterocycles. The smallest absolute Gasteiger partial charge is 0.132 e. The molecule has 0 radical (unpaired) electrons. The van der Waals surface area contributed by atoms with Gasteiger partial charge in [-0.2, -0.15) is 8.75 Å². The third-order valence-corrected chi connectivity index (χ3v) is 5.02. The molecule has 1 aliphatic rings. The summed E-state index contributed by atoms with van der Waals surface area (Å²) in [5, 5.41) is 2.47. The summed E-state index contributed by atoms with van der Waals surface area (Å²) in [5.74, 6) is 0. The second-order valence-corrected chi connectivity index (χ2v) is 6.22. The lowest BCUT2D eigenvalue weighted by Crippen LogP contribution is -1.91. The third-order valence-electron chi connectivity index (χ3n) is 4.48. The summed E-state index contributed by atoms with van der Waals surface area (Å²) in [4.78, 5) is 9.84. The maximum Gasteiger partial charge on any atom is 0.132 e. The van der Waals surface area contributed by atoms with Crippen LogP contribution >= 0.6 is 11.7 Å². The normalized spacial score (nSPS) is 12.3. The van der Waals surface area contributed by atoms with Crippen molar-refractivity contribution in [1.29, 1.82) is 0 Å². The van der Waals surface area contributed by atoms with E-state index < -0.39 is 0 Å². The summed E-state index contributed by atoms with van der Waals surface area (Å²) >= 11 is 1.21. The van der Waals surface area contributed by atoms with E-state index in [4.69, 9.17) is 9.97 Å². The topological polar surface area (TPSA) is 51.6 Å². The fourth-order valence-corrected chi connectivity index (χ4v) is 4.01. The Hall–Kier alpha value is -2.92. The van der Waals surface area contributed by atoms with Crippen LogP contribution in [0.3, 0.4) is 0 Å². The van der Waals surface area contributed by atoms with E-state index >= 15 is 0 Å². The predicted octanol–water partition coefficient (Wildman–Crippen LogP) is 4.44. The first-order valence-electron chi connectivity index (χ1n) is 7.36. The summed E-state index contributed by atoms with van der Waals surface area (Å²) in [6.07, 6.45) is 0. The Bertz CT molecular complexity index is 1270. The third kappa shape index (κ3) is 1.36. The van der Waals surface area contributed by atoms with Gasteiger partial charge in [0.15, 0.2) is 0 Å². The van der Waals surface area contributed by atoms with Crippen molar-refractivity contribution in [3.63, 3.8) is 0 Å². The van der Waals surface area contributed by atoms with E-state index in [1.54, 1.807) is 0 Å². The van der Waals surface area contributed by atoms with Crippen LogP contribution in [-0.4, -0.2) is 18.7 Å². The van der Waals surface area contributed by atoms with Crippen LogP contribution in [0.15, 0.2) is 48.5 Å². The molecule has 4 nitrogen and oxygen atoms in total. The molecule has 106 valence electrons. The van der Waals surface area contributed by atoms with Crippen molar-refractivity contribution in [3.05, 3.63) is 48.5 Å². The Morgan fingerprint density at radius 3 is 2.22 bits per heavy atom. The average molecular weight is 312 g/mol. The highest BCUT2D eigenvalue weighted by atomic mass is 32.1. The molecular formula is C18H8N4S. The van der Waals surface area contributed by atoms with Gasteiger partial charge in [-0.25, -0.2) is 9.97 Å². The van der Waals surface area contributed by atoms with E-state index in [1.807, 2.05) is 12.1 Å². The predicted molar refractivity (Wildman–Crippen MR) is 92.4 cm³/mol. The largest absolute Gasteiger partial charge is 0.244 e. The molecule has 1 aliphatic carbocycles. The van der Waals surface area contributed by atoms with Crippen molar-refractivity contribution in [2.75, 3.05) is 0 Å². The van der Waals surface area contributed by atoms with Gasteiger partial charge >= 0.3 is 0 Å². The first kappa shape index (κ1) is 11.6. The minimum atomic E-state index is 0.833. The zero-order valence-electron chi connectivity index (χ0n) is 11.8. The molecular weight excluding hydrogens is 304 g/mol. The van der Waals surface area contributed by atoms with Crippen LogP contribution in [0, 0.1) is 0 Å². The molecule has 2 heterocycles. The fourth-order valence-electron chi connectivity index (χ4n) is 3.48. The lowest BCUT2D eigenvalue weighted by molar-refractivity contribution is 1.32. The molecule has 0 fully saturated rings. The molecule has 0 unspecified atom stereocenters. The van der Waals surface area contributed by atoms with Crippen molar-refractivity contribution in [2.45, 2.75) is 0 Å². The van der Waals surface area contributed by atoms with Crippen LogP contribution < -0.4 is 0 Å². The molecule has 0 atom stereocenters. The van der Waals surface area contributed by atoms with Crippen LogP contribution in [0.5, 0.6) is 0 Å². The number of benzene rings is 3. The number of fused-ring (bicyclic) bond motifs is 6.